The van der Waals surface area contributed by atoms with Gasteiger partial charge in [-0.1, -0.05) is 133 Å². The first kappa shape index (κ1) is 50.2. The zero-order valence-corrected chi connectivity index (χ0v) is 41.9. The van der Waals surface area contributed by atoms with Crippen molar-refractivity contribution in [2.24, 2.45) is 29.6 Å². The fourth-order valence-electron chi connectivity index (χ4n) is 13.2. The van der Waals surface area contributed by atoms with Gasteiger partial charge < -0.3 is 9.64 Å². The third kappa shape index (κ3) is 10.9. The number of piperidine rings is 4. The van der Waals surface area contributed by atoms with Gasteiger partial charge >= 0.3 is 12.5 Å². The number of nitrogens with zero attached hydrogens (tertiary/aromatic N) is 4. The van der Waals surface area contributed by atoms with Crippen molar-refractivity contribution in [2.45, 2.75) is 101 Å². The fraction of sp³-hybridized carbons (Fsp3) is 0.586. The number of fused-ring (bicyclic) bond motifs is 4. The Morgan fingerprint density at radius 3 is 1.17 bits per heavy atom. The molecule has 0 spiro atoms. The number of methoxy groups -OCH3 is 1. The summed E-state index contributed by atoms with van der Waals surface area (Å²) in [7, 11) is 1.78. The van der Waals surface area contributed by atoms with E-state index in [4.69, 9.17) is 4.74 Å². The smallest absolute Gasteiger partial charge is 0.383 e. The van der Waals surface area contributed by atoms with Crippen LogP contribution >= 0.6 is 0 Å². The molecule has 0 N–H and O–H groups in total. The Bertz CT molecular complexity index is 2370. The number of alkyl halides is 6. The number of aryl methyl sites for hydroxylation is 4. The van der Waals surface area contributed by atoms with E-state index in [2.05, 4.69) is 98.2 Å². The number of halogens is 6. The Labute approximate surface area is 407 Å². The Morgan fingerprint density at radius 1 is 0.493 bits per heavy atom. The van der Waals surface area contributed by atoms with Gasteiger partial charge in [-0.25, -0.2) is 4.90 Å². The molecule has 4 aromatic rings. The lowest BCUT2D eigenvalue weighted by atomic mass is 9.94. The minimum Gasteiger partial charge on any atom is -0.383 e. The first-order chi connectivity index (χ1) is 32.6. The van der Waals surface area contributed by atoms with E-state index in [0.717, 1.165) is 54.9 Å². The number of hydrogen-bond acceptors (Lipinski definition) is 5. The average Bonchev–Trinajstić information content (AvgIpc) is 4.27. The molecule has 69 heavy (non-hydrogen) atoms. The van der Waals surface area contributed by atoms with Crippen molar-refractivity contribution in [1.29, 1.82) is 0 Å². The number of benzene rings is 4. The monoisotopic (exact) mass is 957 g/mol. The fourth-order valence-corrected chi connectivity index (χ4v) is 13.2. The molecule has 5 nitrogen and oxygen atoms in total. The Balaban J connectivity index is 0.000000115. The van der Waals surface area contributed by atoms with Crippen LogP contribution in [0.2, 0.25) is 0 Å². The maximum Gasteiger partial charge on any atom is 0.459 e. The van der Waals surface area contributed by atoms with Crippen LogP contribution in [0, 0.1) is 57.3 Å². The molecule has 8 atom stereocenters. The van der Waals surface area contributed by atoms with Gasteiger partial charge in [-0.05, 0) is 105 Å². The van der Waals surface area contributed by atoms with Crippen LogP contribution in [0.4, 0.5) is 26.3 Å². The highest BCUT2D eigenvalue weighted by atomic mass is 19.4. The van der Waals surface area contributed by atoms with Crippen molar-refractivity contribution >= 4 is 0 Å². The van der Waals surface area contributed by atoms with E-state index >= 15 is 0 Å². The zero-order valence-electron chi connectivity index (χ0n) is 41.9. The van der Waals surface area contributed by atoms with Gasteiger partial charge in [0.05, 0.1) is 13.2 Å². The number of hydrogen-bond donors (Lipinski definition) is 0. The summed E-state index contributed by atoms with van der Waals surface area (Å²) in [6, 6.07) is 34.6. The molecule has 4 aliphatic carbocycles. The van der Waals surface area contributed by atoms with Crippen molar-refractivity contribution in [3.8, 4) is 0 Å². The number of ether oxygens (including phenoxy) is 1. The predicted octanol–water partition coefficient (Wildman–Crippen LogP) is 11.7. The van der Waals surface area contributed by atoms with E-state index in [0.29, 0.717) is 34.7 Å². The second-order valence-corrected chi connectivity index (χ2v) is 23.1. The van der Waals surface area contributed by atoms with Crippen LogP contribution in [0.3, 0.4) is 0 Å². The van der Waals surface area contributed by atoms with Crippen LogP contribution in [-0.4, -0.2) is 118 Å². The Hall–Kier alpha value is -3.74. The second-order valence-electron chi connectivity index (χ2n) is 23.1. The molecule has 4 aromatic carbocycles. The number of likely N-dealkylation sites (tertiary alicyclic amines) is 4. The van der Waals surface area contributed by atoms with Gasteiger partial charge in [0.15, 0.2) is 0 Å². The molecule has 8 unspecified atom stereocenters. The zero-order chi connectivity index (χ0) is 49.1. The van der Waals surface area contributed by atoms with E-state index < -0.39 is 19.0 Å². The minimum absolute atomic E-state index is 0.0128. The van der Waals surface area contributed by atoms with E-state index in [-0.39, 0.29) is 29.8 Å². The summed E-state index contributed by atoms with van der Waals surface area (Å²) in [6.07, 6.45) is -3.49. The van der Waals surface area contributed by atoms with Crippen LogP contribution in [0.15, 0.2) is 97.1 Å². The molecule has 11 heteroatoms. The molecular weight excluding hydrogens is 883 g/mol. The van der Waals surface area contributed by atoms with Crippen molar-refractivity contribution in [3.63, 3.8) is 0 Å². The summed E-state index contributed by atoms with van der Waals surface area (Å²) in [4.78, 5) is 7.42. The maximum atomic E-state index is 12.6. The average molecular weight is 957 g/mol. The molecule has 374 valence electrons. The first-order valence-corrected chi connectivity index (χ1v) is 25.5. The summed E-state index contributed by atoms with van der Waals surface area (Å²) in [6.45, 7) is 22.0. The number of rotatable bonds is 10. The van der Waals surface area contributed by atoms with Crippen molar-refractivity contribution in [1.82, 2.24) is 19.6 Å². The van der Waals surface area contributed by atoms with E-state index in [1.807, 2.05) is 50.2 Å². The van der Waals surface area contributed by atoms with Gasteiger partial charge in [0.2, 0.25) is 0 Å². The lowest BCUT2D eigenvalue weighted by Crippen LogP contribution is -2.38. The predicted molar refractivity (Wildman–Crippen MR) is 264 cm³/mol. The molecule has 4 heterocycles. The molecule has 0 aromatic heterocycles. The van der Waals surface area contributed by atoms with E-state index in [1.165, 1.54) is 67.8 Å². The van der Waals surface area contributed by atoms with Crippen LogP contribution in [0.25, 0.3) is 0 Å². The van der Waals surface area contributed by atoms with Crippen LogP contribution < -0.4 is 0 Å². The third-order valence-electron chi connectivity index (χ3n) is 17.3. The highest BCUT2D eigenvalue weighted by Crippen LogP contribution is 2.62. The maximum absolute atomic E-state index is 12.6. The summed E-state index contributed by atoms with van der Waals surface area (Å²) in [5.41, 5.74) is 11.3. The van der Waals surface area contributed by atoms with E-state index in [9.17, 15) is 26.3 Å². The first-order valence-electron chi connectivity index (χ1n) is 25.5. The topological polar surface area (TPSA) is 22.2 Å². The quantitative estimate of drug-likeness (QED) is 0.116. The highest BCUT2D eigenvalue weighted by molar-refractivity contribution is 5.41. The molecule has 8 fully saturated rings. The third-order valence-corrected chi connectivity index (χ3v) is 17.3. The molecule has 4 saturated carbocycles. The van der Waals surface area contributed by atoms with Crippen molar-refractivity contribution < 1.29 is 31.1 Å². The Morgan fingerprint density at radius 2 is 0.826 bits per heavy atom. The van der Waals surface area contributed by atoms with Crippen molar-refractivity contribution in [2.75, 3.05) is 85.7 Å². The molecule has 0 radical (unpaired) electrons. The van der Waals surface area contributed by atoms with Gasteiger partial charge in [-0.15, -0.1) is 0 Å². The second kappa shape index (κ2) is 19.0. The van der Waals surface area contributed by atoms with Crippen LogP contribution in [0.5, 0.6) is 0 Å². The van der Waals surface area contributed by atoms with Gasteiger partial charge in [-0.3, -0.25) is 9.80 Å². The molecule has 4 aliphatic heterocycles. The standard InChI is InChI=1S/C16H23N.C15H21NO.C14H16F3N.C13H14F3N/c1-12(2)9-17-10-15-8-16(15,11-17)14-6-4-13(3)5-7-14;1-12-3-5-13(6-4-12)15-9-14(15)10-16(11-15)7-8-17-2;1-10-2-4-11(5-3-10)13-6-12(13)7-18(8-13)9-14(15,16)17;1-9-2-4-10(5-3-9)12-6-11(12)7-17(8-12)13(14,15)16/h4-7,12,15H,8-11H2,1-3H3;3-6,14H,7-11H2,1-2H3;2-5,12H,6-9H2,1H3;2-5,11H,6-8H2,1H3. The SMILES string of the molecule is COCCN1CC2CC2(c2ccc(C)cc2)C1.Cc1ccc(C23CC2CN(C(F)(F)F)C3)cc1.Cc1ccc(C23CC2CN(CC(C)C)C3)cc1.Cc1ccc(C23CC2CN(CC(F)(F)F)C3)cc1. The van der Waals surface area contributed by atoms with Gasteiger partial charge in [-0.2, -0.15) is 26.3 Å². The summed E-state index contributed by atoms with van der Waals surface area (Å²) in [5, 5.41) is 0. The van der Waals surface area contributed by atoms with Crippen LogP contribution in [-0.2, 0) is 26.4 Å². The van der Waals surface area contributed by atoms with Gasteiger partial charge in [0, 0.05) is 94.2 Å². The molecule has 12 rings (SSSR count). The molecule has 8 aliphatic rings. The van der Waals surface area contributed by atoms with Gasteiger partial charge in [0.25, 0.3) is 0 Å². The minimum atomic E-state index is -4.18. The summed E-state index contributed by atoms with van der Waals surface area (Å²) in [5.74, 6) is 3.22. The summed E-state index contributed by atoms with van der Waals surface area (Å²) >= 11 is 0. The van der Waals surface area contributed by atoms with Gasteiger partial charge in [0.1, 0.15) is 0 Å². The normalized spacial score (nSPS) is 31.9. The molecule has 4 saturated heterocycles. The summed E-state index contributed by atoms with van der Waals surface area (Å²) < 4.78 is 80.2. The largest absolute Gasteiger partial charge is 0.459 e. The van der Waals surface area contributed by atoms with Crippen LogP contribution in [0.1, 0.15) is 84.0 Å². The van der Waals surface area contributed by atoms with Crippen molar-refractivity contribution in [3.05, 3.63) is 142 Å². The molecular formula is C58H74F6N4O. The highest BCUT2D eigenvalue weighted by Gasteiger charge is 2.65. The Kier molecular flexibility index (Phi) is 13.8. The molecule has 0 bridgehead atoms. The van der Waals surface area contributed by atoms with E-state index in [1.54, 1.807) is 23.1 Å². The molecule has 0 amide bonds. The lowest BCUT2D eigenvalue weighted by Gasteiger charge is -2.23. The lowest BCUT2D eigenvalue weighted by molar-refractivity contribution is -0.241.